The zero-order valence-electron chi connectivity index (χ0n) is 14.0. The molecule has 1 N–H and O–H groups in total. The average Bonchev–Trinajstić information content (AvgIpc) is 2.49. The second kappa shape index (κ2) is 9.74. The SMILES string of the molecule is C#CC(C)/C=C(\C=C(\Cl)CCC)C(=O)NC1CCCCC1C. The maximum absolute atomic E-state index is 12.6. The molecule has 1 saturated carbocycles. The molecule has 0 bridgehead atoms. The van der Waals surface area contributed by atoms with Gasteiger partial charge in [-0.05, 0) is 38.2 Å². The Balaban J connectivity index is 2.86. The number of carbonyl (C=O) groups excluding carboxylic acids is 1. The second-order valence-electron chi connectivity index (χ2n) is 6.26. The smallest absolute Gasteiger partial charge is 0.251 e. The van der Waals surface area contributed by atoms with Gasteiger partial charge in [0.1, 0.15) is 0 Å². The molecular weight excluding hydrogens is 294 g/mol. The van der Waals surface area contributed by atoms with E-state index in [0.717, 1.165) is 19.3 Å². The number of nitrogens with one attached hydrogen (secondary N) is 1. The summed E-state index contributed by atoms with van der Waals surface area (Å²) in [6.45, 7) is 6.17. The Hall–Kier alpha value is -1.20. The van der Waals surface area contributed by atoms with E-state index in [1.54, 1.807) is 6.08 Å². The largest absolute Gasteiger partial charge is 0.349 e. The lowest BCUT2D eigenvalue weighted by Crippen LogP contribution is -2.41. The fourth-order valence-electron chi connectivity index (χ4n) is 2.77. The molecule has 122 valence electrons. The van der Waals surface area contributed by atoms with Crippen molar-refractivity contribution in [2.75, 3.05) is 0 Å². The van der Waals surface area contributed by atoms with Gasteiger partial charge in [0.25, 0.3) is 5.91 Å². The highest BCUT2D eigenvalue weighted by Gasteiger charge is 2.23. The predicted molar refractivity (Wildman–Crippen MR) is 94.5 cm³/mol. The first-order valence-corrected chi connectivity index (χ1v) is 8.70. The summed E-state index contributed by atoms with van der Waals surface area (Å²) in [5, 5.41) is 3.87. The van der Waals surface area contributed by atoms with Gasteiger partial charge in [-0.2, -0.15) is 0 Å². The van der Waals surface area contributed by atoms with Gasteiger partial charge in [0, 0.05) is 22.6 Å². The van der Waals surface area contributed by atoms with Crippen LogP contribution in [0, 0.1) is 24.2 Å². The predicted octanol–water partition coefficient (Wildman–Crippen LogP) is 4.80. The number of halogens is 1. The zero-order chi connectivity index (χ0) is 16.5. The van der Waals surface area contributed by atoms with Gasteiger partial charge in [-0.1, -0.05) is 56.7 Å². The molecule has 0 aliphatic heterocycles. The molecule has 1 fully saturated rings. The monoisotopic (exact) mass is 321 g/mol. The first kappa shape index (κ1) is 18.8. The van der Waals surface area contributed by atoms with Crippen molar-refractivity contribution in [3.05, 3.63) is 22.8 Å². The van der Waals surface area contributed by atoms with Gasteiger partial charge in [-0.3, -0.25) is 4.79 Å². The number of carbonyl (C=O) groups is 1. The molecule has 22 heavy (non-hydrogen) atoms. The van der Waals surface area contributed by atoms with E-state index in [1.165, 1.54) is 19.3 Å². The van der Waals surface area contributed by atoms with Crippen LogP contribution in [0.1, 0.15) is 59.3 Å². The third kappa shape index (κ3) is 6.28. The molecule has 3 unspecified atom stereocenters. The lowest BCUT2D eigenvalue weighted by atomic mass is 9.86. The van der Waals surface area contributed by atoms with Gasteiger partial charge in [-0.15, -0.1) is 6.42 Å². The molecule has 0 spiro atoms. The van der Waals surface area contributed by atoms with Gasteiger partial charge in [0.05, 0.1) is 0 Å². The number of hydrogen-bond donors (Lipinski definition) is 1. The minimum absolute atomic E-state index is 0.0601. The summed E-state index contributed by atoms with van der Waals surface area (Å²) in [5.74, 6) is 3.02. The summed E-state index contributed by atoms with van der Waals surface area (Å²) in [7, 11) is 0. The van der Waals surface area contributed by atoms with Gasteiger partial charge >= 0.3 is 0 Å². The van der Waals surface area contributed by atoms with Crippen molar-refractivity contribution in [2.24, 2.45) is 11.8 Å². The third-order valence-electron chi connectivity index (χ3n) is 4.18. The van der Waals surface area contributed by atoms with Crippen LogP contribution in [0.15, 0.2) is 22.8 Å². The van der Waals surface area contributed by atoms with Crippen LogP contribution in [0.2, 0.25) is 0 Å². The lowest BCUT2D eigenvalue weighted by Gasteiger charge is -2.29. The van der Waals surface area contributed by atoms with Crippen molar-refractivity contribution in [1.82, 2.24) is 5.32 Å². The van der Waals surface area contributed by atoms with E-state index >= 15 is 0 Å². The minimum Gasteiger partial charge on any atom is -0.349 e. The Morgan fingerprint density at radius 3 is 2.73 bits per heavy atom. The molecule has 1 rings (SSSR count). The second-order valence-corrected chi connectivity index (χ2v) is 6.75. The maximum atomic E-state index is 12.6. The standard InChI is InChI=1S/C19H28ClNO/c1-5-9-17(20)13-16(12-14(3)6-2)19(22)21-18-11-8-7-10-15(18)4/h2,12-15,18H,5,7-11H2,1,3-4H3,(H,21,22)/b16-12+,17-13+. The quantitative estimate of drug-likeness (QED) is 0.425. The van der Waals surface area contributed by atoms with Crippen LogP contribution in [0.5, 0.6) is 0 Å². The van der Waals surface area contributed by atoms with Crippen LogP contribution >= 0.6 is 11.6 Å². The average molecular weight is 322 g/mol. The van der Waals surface area contributed by atoms with Crippen LogP contribution in [-0.2, 0) is 4.79 Å². The Bertz CT molecular complexity index is 472. The topological polar surface area (TPSA) is 29.1 Å². The molecule has 0 saturated heterocycles. The number of hydrogen-bond acceptors (Lipinski definition) is 1. The van der Waals surface area contributed by atoms with Crippen LogP contribution in [0.25, 0.3) is 0 Å². The van der Waals surface area contributed by atoms with E-state index in [9.17, 15) is 4.79 Å². The number of amides is 1. The highest BCUT2D eigenvalue weighted by molar-refractivity contribution is 6.30. The first-order chi connectivity index (χ1) is 10.5. The van der Waals surface area contributed by atoms with Crippen molar-refractivity contribution < 1.29 is 4.79 Å². The van der Waals surface area contributed by atoms with Crippen LogP contribution in [0.4, 0.5) is 0 Å². The normalized spacial score (nSPS) is 24.5. The van der Waals surface area contributed by atoms with Gasteiger partial charge in [0.15, 0.2) is 0 Å². The molecule has 3 heteroatoms. The number of terminal acetylenes is 1. The van der Waals surface area contributed by atoms with Crippen molar-refractivity contribution >= 4 is 17.5 Å². The summed E-state index contributed by atoms with van der Waals surface area (Å²) < 4.78 is 0. The van der Waals surface area contributed by atoms with Crippen LogP contribution in [0.3, 0.4) is 0 Å². The molecule has 3 atom stereocenters. The fraction of sp³-hybridized carbons (Fsp3) is 0.632. The Kier molecular flexibility index (Phi) is 8.35. The van der Waals surface area contributed by atoms with E-state index in [-0.39, 0.29) is 17.9 Å². The number of rotatable bonds is 6. The summed E-state index contributed by atoms with van der Waals surface area (Å²) in [5.41, 5.74) is 0.585. The van der Waals surface area contributed by atoms with Gasteiger partial charge in [-0.25, -0.2) is 0 Å². The van der Waals surface area contributed by atoms with Crippen LogP contribution < -0.4 is 5.32 Å². The van der Waals surface area contributed by atoms with Gasteiger partial charge in [0.2, 0.25) is 0 Å². The molecule has 2 nitrogen and oxygen atoms in total. The fourth-order valence-corrected chi connectivity index (χ4v) is 3.08. The summed E-state index contributed by atoms with van der Waals surface area (Å²) in [6, 6.07) is 0.254. The van der Waals surface area contributed by atoms with Crippen molar-refractivity contribution in [3.8, 4) is 12.3 Å². The molecule has 0 aromatic carbocycles. The molecule has 1 aliphatic rings. The van der Waals surface area contributed by atoms with Gasteiger partial charge < -0.3 is 5.32 Å². The summed E-state index contributed by atoms with van der Waals surface area (Å²) >= 11 is 6.21. The zero-order valence-corrected chi connectivity index (χ0v) is 14.7. The van der Waals surface area contributed by atoms with Crippen LogP contribution in [-0.4, -0.2) is 11.9 Å². The molecule has 0 aromatic heterocycles. The lowest BCUT2D eigenvalue weighted by molar-refractivity contribution is -0.118. The van der Waals surface area contributed by atoms with E-state index in [2.05, 4.69) is 25.1 Å². The van der Waals surface area contributed by atoms with E-state index in [1.807, 2.05) is 13.0 Å². The Morgan fingerprint density at radius 1 is 1.45 bits per heavy atom. The van der Waals surface area contributed by atoms with Crippen molar-refractivity contribution in [3.63, 3.8) is 0 Å². The molecule has 0 heterocycles. The molecular formula is C19H28ClNO. The summed E-state index contributed by atoms with van der Waals surface area (Å²) in [4.78, 5) is 12.6. The third-order valence-corrected chi connectivity index (χ3v) is 4.48. The molecule has 0 radical (unpaired) electrons. The molecule has 0 aromatic rings. The highest BCUT2D eigenvalue weighted by atomic mass is 35.5. The Labute approximate surface area is 140 Å². The minimum atomic E-state index is -0.0909. The van der Waals surface area contributed by atoms with E-state index in [4.69, 9.17) is 18.0 Å². The van der Waals surface area contributed by atoms with E-state index in [0.29, 0.717) is 16.5 Å². The number of allylic oxidation sites excluding steroid dienone is 2. The molecule has 1 aliphatic carbocycles. The first-order valence-electron chi connectivity index (χ1n) is 8.32. The summed E-state index contributed by atoms with van der Waals surface area (Å²) in [6.07, 6.45) is 15.4. The Morgan fingerprint density at radius 2 is 2.14 bits per heavy atom. The van der Waals surface area contributed by atoms with Crippen molar-refractivity contribution in [1.29, 1.82) is 0 Å². The van der Waals surface area contributed by atoms with Crippen molar-refractivity contribution in [2.45, 2.75) is 65.3 Å². The maximum Gasteiger partial charge on any atom is 0.251 e. The molecule has 1 amide bonds. The highest BCUT2D eigenvalue weighted by Crippen LogP contribution is 2.24. The van der Waals surface area contributed by atoms with E-state index < -0.39 is 0 Å².